The highest BCUT2D eigenvalue weighted by Crippen LogP contribution is 2.09. The first-order valence-electron chi connectivity index (χ1n) is 6.28. The summed E-state index contributed by atoms with van der Waals surface area (Å²) in [7, 11) is 0. The van der Waals surface area contributed by atoms with Gasteiger partial charge in [0.2, 0.25) is 0 Å². The summed E-state index contributed by atoms with van der Waals surface area (Å²) in [4.78, 5) is 8.31. The van der Waals surface area contributed by atoms with Crippen molar-refractivity contribution in [2.24, 2.45) is 0 Å². The average molecular weight is 241 g/mol. The second-order valence-corrected chi connectivity index (χ2v) is 4.61. The number of aromatic nitrogens is 2. The molecule has 18 heavy (non-hydrogen) atoms. The van der Waals surface area contributed by atoms with Gasteiger partial charge in [-0.15, -0.1) is 0 Å². The molecular weight excluding hydrogens is 222 g/mol. The van der Waals surface area contributed by atoms with E-state index in [1.165, 1.54) is 11.1 Å². The molecule has 1 N–H and O–H groups in total. The first-order valence-corrected chi connectivity index (χ1v) is 6.28. The highest BCUT2D eigenvalue weighted by atomic mass is 14.9. The molecule has 0 aliphatic carbocycles. The van der Waals surface area contributed by atoms with Crippen molar-refractivity contribution in [3.8, 4) is 0 Å². The van der Waals surface area contributed by atoms with E-state index < -0.39 is 0 Å². The van der Waals surface area contributed by atoms with Crippen LogP contribution in [-0.2, 0) is 13.0 Å². The minimum absolute atomic E-state index is 0.424. The van der Waals surface area contributed by atoms with E-state index in [9.17, 15) is 0 Å². The molecule has 1 atom stereocenters. The van der Waals surface area contributed by atoms with Crippen LogP contribution in [0.5, 0.6) is 0 Å². The van der Waals surface area contributed by atoms with Crippen LogP contribution in [0.2, 0.25) is 0 Å². The normalized spacial score (nSPS) is 12.3. The molecule has 1 unspecified atom stereocenters. The van der Waals surface area contributed by atoms with E-state index in [0.717, 1.165) is 18.7 Å². The summed E-state index contributed by atoms with van der Waals surface area (Å²) in [6.07, 6.45) is 6.25. The van der Waals surface area contributed by atoms with E-state index in [-0.39, 0.29) is 0 Å². The van der Waals surface area contributed by atoms with E-state index in [4.69, 9.17) is 0 Å². The lowest BCUT2D eigenvalue weighted by molar-refractivity contribution is 0.538. The van der Waals surface area contributed by atoms with Crippen LogP contribution in [0.25, 0.3) is 0 Å². The first kappa shape index (κ1) is 12.7. The van der Waals surface area contributed by atoms with Gasteiger partial charge in [-0.05, 0) is 31.4 Å². The fourth-order valence-electron chi connectivity index (χ4n) is 1.94. The minimum Gasteiger partial charge on any atom is -0.308 e. The lowest BCUT2D eigenvalue weighted by Gasteiger charge is -2.14. The Morgan fingerprint density at radius 1 is 1.22 bits per heavy atom. The van der Waals surface area contributed by atoms with E-state index in [1.54, 1.807) is 18.6 Å². The zero-order valence-corrected chi connectivity index (χ0v) is 10.9. The number of aryl methyl sites for hydroxylation is 1. The average Bonchev–Trinajstić information content (AvgIpc) is 2.40. The zero-order chi connectivity index (χ0) is 12.8. The summed E-state index contributed by atoms with van der Waals surface area (Å²) < 4.78 is 0. The molecule has 1 aromatic carbocycles. The third kappa shape index (κ3) is 3.64. The summed E-state index contributed by atoms with van der Waals surface area (Å²) >= 11 is 0. The van der Waals surface area contributed by atoms with Gasteiger partial charge < -0.3 is 5.32 Å². The monoisotopic (exact) mass is 241 g/mol. The lowest BCUT2D eigenvalue weighted by Crippen LogP contribution is -2.28. The Morgan fingerprint density at radius 3 is 2.78 bits per heavy atom. The van der Waals surface area contributed by atoms with E-state index in [2.05, 4.69) is 53.4 Å². The lowest BCUT2D eigenvalue weighted by atomic mass is 10.0. The summed E-state index contributed by atoms with van der Waals surface area (Å²) in [5, 5.41) is 3.47. The molecule has 2 aromatic rings. The fourth-order valence-corrected chi connectivity index (χ4v) is 1.94. The molecule has 3 nitrogen and oxygen atoms in total. The van der Waals surface area contributed by atoms with E-state index in [1.807, 2.05) is 0 Å². The van der Waals surface area contributed by atoms with Crippen molar-refractivity contribution in [3.05, 3.63) is 59.7 Å². The van der Waals surface area contributed by atoms with Crippen molar-refractivity contribution in [3.63, 3.8) is 0 Å². The molecule has 1 aromatic heterocycles. The number of nitrogens with one attached hydrogen (secondary N) is 1. The van der Waals surface area contributed by atoms with Gasteiger partial charge in [0.15, 0.2) is 0 Å². The Bertz CT molecular complexity index is 482. The maximum Gasteiger partial charge on any atom is 0.0724 e. The number of hydrogen-bond acceptors (Lipinski definition) is 3. The quantitative estimate of drug-likeness (QED) is 0.874. The van der Waals surface area contributed by atoms with Crippen LogP contribution in [0.15, 0.2) is 42.9 Å². The molecule has 0 amide bonds. The third-order valence-electron chi connectivity index (χ3n) is 3.04. The molecule has 0 radical (unpaired) electrons. The highest BCUT2D eigenvalue weighted by Gasteiger charge is 2.05. The highest BCUT2D eigenvalue weighted by molar-refractivity contribution is 5.26. The summed E-state index contributed by atoms with van der Waals surface area (Å²) in [5.41, 5.74) is 3.73. The summed E-state index contributed by atoms with van der Waals surface area (Å²) in [6, 6.07) is 8.95. The SMILES string of the molecule is Cc1ccccc1CC(C)NCc1cnccn1. The van der Waals surface area contributed by atoms with Crippen LogP contribution in [0, 0.1) is 6.92 Å². The van der Waals surface area contributed by atoms with Gasteiger partial charge in [0.05, 0.1) is 5.69 Å². The predicted molar refractivity (Wildman–Crippen MR) is 73.2 cm³/mol. The van der Waals surface area contributed by atoms with Crippen LogP contribution >= 0.6 is 0 Å². The first-order chi connectivity index (χ1) is 8.75. The van der Waals surface area contributed by atoms with Crippen LogP contribution in [0.4, 0.5) is 0 Å². The Hall–Kier alpha value is -1.74. The minimum atomic E-state index is 0.424. The van der Waals surface area contributed by atoms with E-state index >= 15 is 0 Å². The number of rotatable bonds is 5. The third-order valence-corrected chi connectivity index (χ3v) is 3.04. The number of nitrogens with zero attached hydrogens (tertiary/aromatic N) is 2. The topological polar surface area (TPSA) is 37.8 Å². The number of benzene rings is 1. The Morgan fingerprint density at radius 2 is 2.06 bits per heavy atom. The van der Waals surface area contributed by atoms with Crippen LogP contribution < -0.4 is 5.32 Å². The van der Waals surface area contributed by atoms with Crippen LogP contribution in [0.1, 0.15) is 23.7 Å². The van der Waals surface area contributed by atoms with Gasteiger partial charge in [0.25, 0.3) is 0 Å². The maximum atomic E-state index is 4.25. The molecule has 3 heteroatoms. The second kappa shape index (κ2) is 6.26. The molecule has 0 aliphatic rings. The van der Waals surface area contributed by atoms with Crippen molar-refractivity contribution in [1.82, 2.24) is 15.3 Å². The summed E-state index contributed by atoms with van der Waals surface area (Å²) in [5.74, 6) is 0. The Labute approximate surface area is 108 Å². The van der Waals surface area contributed by atoms with Gasteiger partial charge in [0, 0.05) is 31.2 Å². The van der Waals surface area contributed by atoms with Crippen molar-refractivity contribution < 1.29 is 0 Å². The Kier molecular flexibility index (Phi) is 4.42. The van der Waals surface area contributed by atoms with Gasteiger partial charge >= 0.3 is 0 Å². The molecule has 1 heterocycles. The molecule has 0 fully saturated rings. The van der Waals surface area contributed by atoms with Crippen molar-refractivity contribution >= 4 is 0 Å². The second-order valence-electron chi connectivity index (χ2n) is 4.61. The molecular formula is C15H19N3. The molecule has 0 saturated heterocycles. The van der Waals surface area contributed by atoms with Gasteiger partial charge in [-0.2, -0.15) is 0 Å². The molecule has 0 aliphatic heterocycles. The molecule has 0 spiro atoms. The van der Waals surface area contributed by atoms with E-state index in [0.29, 0.717) is 6.04 Å². The van der Waals surface area contributed by atoms with Crippen molar-refractivity contribution in [2.45, 2.75) is 32.9 Å². The Balaban J connectivity index is 1.86. The fraction of sp³-hybridized carbons (Fsp3) is 0.333. The zero-order valence-electron chi connectivity index (χ0n) is 10.9. The predicted octanol–water partition coefficient (Wildman–Crippen LogP) is 2.51. The molecule has 2 rings (SSSR count). The molecule has 94 valence electrons. The van der Waals surface area contributed by atoms with Crippen LogP contribution in [-0.4, -0.2) is 16.0 Å². The maximum absolute atomic E-state index is 4.25. The van der Waals surface area contributed by atoms with Crippen LogP contribution in [0.3, 0.4) is 0 Å². The standard InChI is InChI=1S/C15H19N3/c1-12-5-3-4-6-14(12)9-13(2)18-11-15-10-16-7-8-17-15/h3-8,10,13,18H,9,11H2,1-2H3. The van der Waals surface area contributed by atoms with Crippen molar-refractivity contribution in [2.75, 3.05) is 0 Å². The van der Waals surface area contributed by atoms with Gasteiger partial charge in [-0.1, -0.05) is 24.3 Å². The summed E-state index contributed by atoms with van der Waals surface area (Å²) in [6.45, 7) is 5.12. The number of hydrogen-bond donors (Lipinski definition) is 1. The van der Waals surface area contributed by atoms with Gasteiger partial charge in [-0.3, -0.25) is 9.97 Å². The molecule has 0 saturated carbocycles. The largest absolute Gasteiger partial charge is 0.308 e. The van der Waals surface area contributed by atoms with Gasteiger partial charge in [0.1, 0.15) is 0 Å². The smallest absolute Gasteiger partial charge is 0.0724 e. The van der Waals surface area contributed by atoms with Gasteiger partial charge in [-0.25, -0.2) is 0 Å². The molecule has 0 bridgehead atoms. The van der Waals surface area contributed by atoms with Crippen molar-refractivity contribution in [1.29, 1.82) is 0 Å².